The molecule has 0 bridgehead atoms. The molecule has 0 aromatic heterocycles. The third-order valence-corrected chi connectivity index (χ3v) is 17.7. The van der Waals surface area contributed by atoms with Gasteiger partial charge < -0.3 is 30.1 Å². The van der Waals surface area contributed by atoms with E-state index in [0.717, 1.165) is 134 Å². The van der Waals surface area contributed by atoms with Crippen molar-refractivity contribution < 1.29 is 30.0 Å². The highest BCUT2D eigenvalue weighted by atomic mass is 33.1. The van der Waals surface area contributed by atoms with Gasteiger partial charge in [-0.05, 0) is 71.0 Å². The number of aliphatic hydroxyl groups is 4. The lowest BCUT2D eigenvalue weighted by atomic mass is 10.0. The number of hydrogen-bond acceptors (Lipinski definition) is 12. The quantitative estimate of drug-likeness (QED) is 0.0264. The summed E-state index contributed by atoms with van der Waals surface area (Å²) in [6.07, 6.45) is 41.5. The summed E-state index contributed by atoms with van der Waals surface area (Å²) < 4.78 is 5.69. The van der Waals surface area contributed by atoms with Crippen molar-refractivity contribution in [3.05, 3.63) is 0 Å². The van der Waals surface area contributed by atoms with Crippen molar-refractivity contribution in [3.8, 4) is 0 Å². The number of ether oxygens (including phenoxy) is 1. The van der Waals surface area contributed by atoms with Crippen molar-refractivity contribution in [1.82, 2.24) is 19.6 Å². The maximum atomic E-state index is 12.7. The van der Waals surface area contributed by atoms with Crippen LogP contribution in [-0.2, 0) is 9.53 Å². The Morgan fingerprint density at radius 2 is 0.726 bits per heavy atom. The van der Waals surface area contributed by atoms with Crippen LogP contribution in [-0.4, -0.2) is 167 Å². The zero-order chi connectivity index (χ0) is 53.1. The molecular formula is C61H124N4O6S2. The van der Waals surface area contributed by atoms with E-state index in [4.69, 9.17) is 4.74 Å². The first kappa shape index (κ1) is 70.9. The van der Waals surface area contributed by atoms with Gasteiger partial charge in [-0.25, -0.2) is 0 Å². The summed E-state index contributed by atoms with van der Waals surface area (Å²) in [7, 11) is 3.96. The normalized spacial score (nSPS) is 15.4. The fourth-order valence-corrected chi connectivity index (χ4v) is 12.6. The molecule has 1 aliphatic heterocycles. The zero-order valence-corrected chi connectivity index (χ0v) is 50.4. The second-order valence-electron chi connectivity index (χ2n) is 22.5. The fraction of sp³-hybridized carbons (Fsp3) is 0.984. The molecule has 0 amide bonds. The van der Waals surface area contributed by atoms with Crippen molar-refractivity contribution >= 4 is 27.6 Å². The standard InChI is InChI=1S/C61H124N4O6S2/c1-5-9-13-17-21-23-27-31-39-57(66)53-64(54-58(67)40-32-28-24-22-18-14-10-6-2)42-34-33-41-61(70)71-50-49-63-47-45-62(46-48-63)43-35-51-72-73-52-36-44-65(55-59(68)37-29-25-19-15-11-7-3)56-60(69)38-30-26-20-16-12-8-4/h57-60,66-69H,5-56H2,1-4H3. The maximum absolute atomic E-state index is 12.7. The van der Waals surface area contributed by atoms with Gasteiger partial charge in [-0.1, -0.05) is 229 Å². The third-order valence-electron chi connectivity index (χ3n) is 15.2. The smallest absolute Gasteiger partial charge is 0.305 e. The van der Waals surface area contributed by atoms with Crippen LogP contribution in [0.2, 0.25) is 0 Å². The molecule has 0 radical (unpaired) electrons. The van der Waals surface area contributed by atoms with Crippen molar-refractivity contribution in [3.63, 3.8) is 0 Å². The first-order valence-corrected chi connectivity index (χ1v) is 34.2. The Morgan fingerprint density at radius 3 is 1.10 bits per heavy atom. The topological polar surface area (TPSA) is 120 Å². The van der Waals surface area contributed by atoms with E-state index in [2.05, 4.69) is 47.3 Å². The Balaban J connectivity index is 2.30. The van der Waals surface area contributed by atoms with Crippen molar-refractivity contribution in [2.24, 2.45) is 0 Å². The van der Waals surface area contributed by atoms with Gasteiger partial charge in [-0.2, -0.15) is 0 Å². The van der Waals surface area contributed by atoms with Crippen LogP contribution in [0.25, 0.3) is 0 Å². The SMILES string of the molecule is CCCCCCCCCCC(O)CN(CCCCC(=O)OCCN1CCN(CCCSSCCCN(CC(O)CCCCCCCC)CC(O)CCCCCCCC)CC1)CC(O)CCCCCCCCCC. The minimum atomic E-state index is -0.373. The van der Waals surface area contributed by atoms with Crippen LogP contribution in [0.1, 0.15) is 265 Å². The largest absolute Gasteiger partial charge is 0.464 e. The van der Waals surface area contributed by atoms with Gasteiger partial charge in [0.15, 0.2) is 0 Å². The fourth-order valence-electron chi connectivity index (χ4n) is 10.4. The average molecular weight is 1070 g/mol. The van der Waals surface area contributed by atoms with E-state index in [1.807, 2.05) is 21.6 Å². The Kier molecular flexibility index (Phi) is 52.3. The van der Waals surface area contributed by atoms with E-state index in [0.29, 0.717) is 39.2 Å². The molecule has 12 heteroatoms. The molecule has 1 fully saturated rings. The minimum Gasteiger partial charge on any atom is -0.464 e. The van der Waals surface area contributed by atoms with Crippen LogP contribution in [0.3, 0.4) is 0 Å². The molecule has 4 atom stereocenters. The summed E-state index contributed by atoms with van der Waals surface area (Å²) in [5, 5.41) is 43.8. The summed E-state index contributed by atoms with van der Waals surface area (Å²) in [6, 6.07) is 0. The van der Waals surface area contributed by atoms with E-state index < -0.39 is 0 Å². The summed E-state index contributed by atoms with van der Waals surface area (Å²) in [4.78, 5) is 22.3. The van der Waals surface area contributed by atoms with E-state index >= 15 is 0 Å². The Morgan fingerprint density at radius 1 is 0.411 bits per heavy atom. The number of piperazine rings is 1. The molecule has 1 rings (SSSR count). The third kappa shape index (κ3) is 47.6. The van der Waals surface area contributed by atoms with E-state index in [-0.39, 0.29) is 30.4 Å². The van der Waals surface area contributed by atoms with E-state index in [1.54, 1.807) is 0 Å². The van der Waals surface area contributed by atoms with Crippen molar-refractivity contribution in [2.45, 2.75) is 290 Å². The molecule has 436 valence electrons. The lowest BCUT2D eigenvalue weighted by Gasteiger charge is -2.34. The second-order valence-corrected chi connectivity index (χ2v) is 25.2. The molecule has 0 saturated carbocycles. The van der Waals surface area contributed by atoms with Gasteiger partial charge in [0, 0.05) is 76.8 Å². The van der Waals surface area contributed by atoms with Crippen LogP contribution in [0.4, 0.5) is 0 Å². The van der Waals surface area contributed by atoms with Gasteiger partial charge in [0.05, 0.1) is 24.4 Å². The van der Waals surface area contributed by atoms with Gasteiger partial charge in [-0.3, -0.25) is 19.5 Å². The summed E-state index contributed by atoms with van der Waals surface area (Å²) in [5.74, 6) is 2.13. The number of carbonyl (C=O) groups excluding carboxylic acids is 1. The number of hydrogen-bond donors (Lipinski definition) is 4. The highest BCUT2D eigenvalue weighted by molar-refractivity contribution is 8.76. The molecule has 1 heterocycles. The van der Waals surface area contributed by atoms with Crippen LogP contribution in [0.5, 0.6) is 0 Å². The van der Waals surface area contributed by atoms with Crippen LogP contribution < -0.4 is 0 Å². The van der Waals surface area contributed by atoms with Crippen molar-refractivity contribution in [1.29, 1.82) is 0 Å². The first-order chi connectivity index (χ1) is 35.7. The van der Waals surface area contributed by atoms with Crippen LogP contribution in [0.15, 0.2) is 0 Å². The lowest BCUT2D eigenvalue weighted by molar-refractivity contribution is -0.144. The van der Waals surface area contributed by atoms with Gasteiger partial charge in [-0.15, -0.1) is 0 Å². The number of esters is 1. The van der Waals surface area contributed by atoms with Crippen LogP contribution in [0, 0.1) is 0 Å². The molecule has 0 aromatic rings. The summed E-state index contributed by atoms with van der Waals surface area (Å²) >= 11 is 0. The molecule has 4 N–H and O–H groups in total. The number of nitrogens with zero attached hydrogens (tertiary/aromatic N) is 4. The number of aliphatic hydroxyl groups excluding tert-OH is 4. The molecule has 0 spiro atoms. The first-order valence-electron chi connectivity index (χ1n) is 31.7. The van der Waals surface area contributed by atoms with Gasteiger partial charge >= 0.3 is 5.97 Å². The summed E-state index contributed by atoms with van der Waals surface area (Å²) in [5.41, 5.74) is 0. The molecule has 1 aliphatic rings. The molecule has 1 saturated heterocycles. The van der Waals surface area contributed by atoms with Gasteiger partial charge in [0.2, 0.25) is 0 Å². The number of rotatable bonds is 57. The Labute approximate surface area is 461 Å². The van der Waals surface area contributed by atoms with Crippen molar-refractivity contribution in [2.75, 3.05) is 96.6 Å². The molecule has 73 heavy (non-hydrogen) atoms. The van der Waals surface area contributed by atoms with Crippen LogP contribution >= 0.6 is 21.6 Å². The molecule has 4 unspecified atom stereocenters. The number of carbonyl (C=O) groups is 1. The molecular weight excluding hydrogens is 949 g/mol. The predicted molar refractivity (Wildman–Crippen MR) is 319 cm³/mol. The molecule has 10 nitrogen and oxygen atoms in total. The monoisotopic (exact) mass is 1070 g/mol. The Hall–Kier alpha value is -0.150. The summed E-state index contributed by atoms with van der Waals surface area (Å²) in [6.45, 7) is 19.8. The predicted octanol–water partition coefficient (Wildman–Crippen LogP) is 14.1. The van der Waals surface area contributed by atoms with Gasteiger partial charge in [0.1, 0.15) is 6.61 Å². The minimum absolute atomic E-state index is 0.113. The second kappa shape index (κ2) is 53.8. The Bertz CT molecular complexity index is 1090. The van der Waals surface area contributed by atoms with E-state index in [1.165, 1.54) is 161 Å². The average Bonchev–Trinajstić information content (AvgIpc) is 3.37. The highest BCUT2D eigenvalue weighted by Crippen LogP contribution is 2.24. The number of unbranched alkanes of at least 4 members (excludes halogenated alkanes) is 25. The molecule has 0 aliphatic carbocycles. The highest BCUT2D eigenvalue weighted by Gasteiger charge is 2.20. The molecule has 0 aromatic carbocycles. The lowest BCUT2D eigenvalue weighted by Crippen LogP contribution is -2.47. The van der Waals surface area contributed by atoms with Gasteiger partial charge in [0.25, 0.3) is 0 Å². The zero-order valence-electron chi connectivity index (χ0n) is 48.8. The van der Waals surface area contributed by atoms with E-state index in [9.17, 15) is 25.2 Å². The maximum Gasteiger partial charge on any atom is 0.305 e.